The van der Waals surface area contributed by atoms with E-state index < -0.39 is 5.91 Å². The Bertz CT molecular complexity index is 702. The van der Waals surface area contributed by atoms with Crippen molar-refractivity contribution in [2.45, 2.75) is 6.92 Å². The number of halogens is 2. The SMILES string of the molecule is COc1ccc(C(=O)Nc2c(Cl)ccc(C)c2Cl)cc1O. The second kappa shape index (κ2) is 6.24. The molecule has 2 aromatic rings. The zero-order chi connectivity index (χ0) is 15.6. The highest BCUT2D eigenvalue weighted by Crippen LogP contribution is 2.33. The minimum absolute atomic E-state index is 0.119. The molecule has 0 spiro atoms. The fourth-order valence-electron chi connectivity index (χ4n) is 1.79. The predicted octanol–water partition coefficient (Wildman–Crippen LogP) is 4.27. The van der Waals surface area contributed by atoms with Crippen LogP contribution in [0.2, 0.25) is 10.0 Å². The number of rotatable bonds is 3. The molecule has 0 saturated carbocycles. The number of aromatic hydroxyl groups is 1. The van der Waals surface area contributed by atoms with Gasteiger partial charge in [-0.05, 0) is 36.8 Å². The van der Waals surface area contributed by atoms with Crippen LogP contribution in [0.5, 0.6) is 11.5 Å². The molecule has 0 aliphatic rings. The Morgan fingerprint density at radius 3 is 2.57 bits per heavy atom. The zero-order valence-electron chi connectivity index (χ0n) is 11.4. The summed E-state index contributed by atoms with van der Waals surface area (Å²) in [6, 6.07) is 7.77. The molecule has 0 aliphatic carbocycles. The van der Waals surface area contributed by atoms with E-state index in [-0.39, 0.29) is 17.1 Å². The summed E-state index contributed by atoms with van der Waals surface area (Å²) in [6.45, 7) is 1.81. The van der Waals surface area contributed by atoms with Gasteiger partial charge in [0.2, 0.25) is 0 Å². The van der Waals surface area contributed by atoms with E-state index in [1.807, 2.05) is 6.92 Å². The van der Waals surface area contributed by atoms with Crippen LogP contribution in [0.4, 0.5) is 5.69 Å². The lowest BCUT2D eigenvalue weighted by atomic mass is 10.1. The van der Waals surface area contributed by atoms with Crippen LogP contribution >= 0.6 is 23.2 Å². The number of amides is 1. The topological polar surface area (TPSA) is 58.6 Å². The van der Waals surface area contributed by atoms with Gasteiger partial charge < -0.3 is 15.2 Å². The second-order valence-electron chi connectivity index (χ2n) is 4.39. The average Bonchev–Trinajstić information content (AvgIpc) is 2.47. The number of hydrogen-bond donors (Lipinski definition) is 2. The number of phenols is 1. The molecule has 2 rings (SSSR count). The molecule has 0 heterocycles. The number of aryl methyl sites for hydroxylation is 1. The molecule has 0 aliphatic heterocycles. The van der Waals surface area contributed by atoms with Crippen molar-refractivity contribution in [1.29, 1.82) is 0 Å². The first kappa shape index (κ1) is 15.5. The highest BCUT2D eigenvalue weighted by molar-refractivity contribution is 6.40. The zero-order valence-corrected chi connectivity index (χ0v) is 12.9. The van der Waals surface area contributed by atoms with Gasteiger partial charge >= 0.3 is 0 Å². The van der Waals surface area contributed by atoms with Crippen LogP contribution in [0.15, 0.2) is 30.3 Å². The van der Waals surface area contributed by atoms with Crippen molar-refractivity contribution in [3.8, 4) is 11.5 Å². The summed E-state index contributed by atoms with van der Waals surface area (Å²) in [5.41, 5.74) is 1.41. The highest BCUT2D eigenvalue weighted by Gasteiger charge is 2.14. The van der Waals surface area contributed by atoms with Crippen LogP contribution in [-0.2, 0) is 0 Å². The summed E-state index contributed by atoms with van der Waals surface area (Å²) in [4.78, 5) is 12.2. The first-order chi connectivity index (χ1) is 9.93. The van der Waals surface area contributed by atoms with Crippen LogP contribution in [0.3, 0.4) is 0 Å². The van der Waals surface area contributed by atoms with Crippen LogP contribution in [-0.4, -0.2) is 18.1 Å². The molecule has 0 atom stereocenters. The normalized spacial score (nSPS) is 10.3. The number of hydrogen-bond acceptors (Lipinski definition) is 3. The maximum absolute atomic E-state index is 12.2. The Morgan fingerprint density at radius 2 is 1.95 bits per heavy atom. The van der Waals surface area contributed by atoms with E-state index in [0.29, 0.717) is 15.7 Å². The fourth-order valence-corrected chi connectivity index (χ4v) is 2.25. The molecule has 0 unspecified atom stereocenters. The molecule has 0 fully saturated rings. The lowest BCUT2D eigenvalue weighted by Crippen LogP contribution is -2.12. The Morgan fingerprint density at radius 1 is 1.24 bits per heavy atom. The quantitative estimate of drug-likeness (QED) is 0.886. The molecule has 110 valence electrons. The van der Waals surface area contributed by atoms with E-state index >= 15 is 0 Å². The van der Waals surface area contributed by atoms with Crippen molar-refractivity contribution >= 4 is 34.8 Å². The molecule has 2 aromatic carbocycles. The van der Waals surface area contributed by atoms with Gasteiger partial charge in [-0.3, -0.25) is 4.79 Å². The minimum Gasteiger partial charge on any atom is -0.504 e. The lowest BCUT2D eigenvalue weighted by molar-refractivity contribution is 0.102. The summed E-state index contributed by atoms with van der Waals surface area (Å²) in [6.07, 6.45) is 0. The molecule has 1 amide bonds. The van der Waals surface area contributed by atoms with Crippen LogP contribution in [0, 0.1) is 6.92 Å². The third-order valence-electron chi connectivity index (χ3n) is 2.96. The standard InChI is InChI=1S/C15H13Cl2NO3/c1-8-3-5-10(16)14(13(8)17)18-15(20)9-4-6-12(21-2)11(19)7-9/h3-7,19H,1-2H3,(H,18,20). The molecular weight excluding hydrogens is 313 g/mol. The Labute approximate surface area is 132 Å². The largest absolute Gasteiger partial charge is 0.504 e. The molecule has 21 heavy (non-hydrogen) atoms. The number of anilines is 1. The predicted molar refractivity (Wildman–Crippen MR) is 83.8 cm³/mol. The van der Waals surface area contributed by atoms with Gasteiger partial charge in [-0.2, -0.15) is 0 Å². The van der Waals surface area contributed by atoms with Gasteiger partial charge in [0.05, 0.1) is 22.8 Å². The van der Waals surface area contributed by atoms with E-state index in [9.17, 15) is 9.90 Å². The smallest absolute Gasteiger partial charge is 0.255 e. The molecule has 0 bridgehead atoms. The molecular formula is C15H13Cl2NO3. The van der Waals surface area contributed by atoms with Gasteiger partial charge in [0.25, 0.3) is 5.91 Å². The maximum atomic E-state index is 12.2. The van der Waals surface area contributed by atoms with E-state index in [0.717, 1.165) is 5.56 Å². The van der Waals surface area contributed by atoms with E-state index in [4.69, 9.17) is 27.9 Å². The van der Waals surface area contributed by atoms with Gasteiger partial charge in [-0.25, -0.2) is 0 Å². The Kier molecular flexibility index (Phi) is 4.60. The molecule has 6 heteroatoms. The maximum Gasteiger partial charge on any atom is 0.255 e. The Balaban J connectivity index is 2.30. The Hall–Kier alpha value is -1.91. The fraction of sp³-hybridized carbons (Fsp3) is 0.133. The number of nitrogens with one attached hydrogen (secondary N) is 1. The van der Waals surface area contributed by atoms with Crippen molar-refractivity contribution in [3.05, 3.63) is 51.5 Å². The van der Waals surface area contributed by atoms with Crippen molar-refractivity contribution in [1.82, 2.24) is 0 Å². The van der Waals surface area contributed by atoms with Gasteiger partial charge in [-0.15, -0.1) is 0 Å². The van der Waals surface area contributed by atoms with Crippen molar-refractivity contribution in [2.75, 3.05) is 12.4 Å². The second-order valence-corrected chi connectivity index (χ2v) is 5.18. The summed E-state index contributed by atoms with van der Waals surface area (Å²) < 4.78 is 4.93. The van der Waals surface area contributed by atoms with Crippen molar-refractivity contribution < 1.29 is 14.6 Å². The number of ether oxygens (including phenoxy) is 1. The lowest BCUT2D eigenvalue weighted by Gasteiger charge is -2.12. The average molecular weight is 326 g/mol. The molecule has 2 N–H and O–H groups in total. The first-order valence-corrected chi connectivity index (χ1v) is 6.82. The monoisotopic (exact) mass is 325 g/mol. The number of phenolic OH excluding ortho intramolecular Hbond substituents is 1. The van der Waals surface area contributed by atoms with Gasteiger partial charge in [0, 0.05) is 5.56 Å². The molecule has 0 saturated heterocycles. The number of methoxy groups -OCH3 is 1. The van der Waals surface area contributed by atoms with E-state index in [2.05, 4.69) is 5.32 Å². The summed E-state index contributed by atoms with van der Waals surface area (Å²) in [7, 11) is 1.43. The van der Waals surface area contributed by atoms with Gasteiger partial charge in [-0.1, -0.05) is 29.3 Å². The van der Waals surface area contributed by atoms with Crippen molar-refractivity contribution in [3.63, 3.8) is 0 Å². The van der Waals surface area contributed by atoms with Crippen molar-refractivity contribution in [2.24, 2.45) is 0 Å². The summed E-state index contributed by atoms with van der Waals surface area (Å²) in [5, 5.41) is 13.1. The van der Waals surface area contributed by atoms with E-state index in [1.165, 1.54) is 25.3 Å². The van der Waals surface area contributed by atoms with Crippen LogP contribution in [0.25, 0.3) is 0 Å². The molecule has 0 radical (unpaired) electrons. The van der Waals surface area contributed by atoms with Gasteiger partial charge in [0.15, 0.2) is 11.5 Å². The minimum atomic E-state index is -0.428. The first-order valence-electron chi connectivity index (χ1n) is 6.07. The highest BCUT2D eigenvalue weighted by atomic mass is 35.5. The van der Waals surface area contributed by atoms with E-state index in [1.54, 1.807) is 12.1 Å². The number of carbonyl (C=O) groups is 1. The number of carbonyl (C=O) groups excluding carboxylic acids is 1. The third-order valence-corrected chi connectivity index (χ3v) is 3.77. The molecule has 4 nitrogen and oxygen atoms in total. The molecule has 0 aromatic heterocycles. The number of benzene rings is 2. The third kappa shape index (κ3) is 3.23. The van der Waals surface area contributed by atoms with Gasteiger partial charge in [0.1, 0.15) is 0 Å². The summed E-state index contributed by atoms with van der Waals surface area (Å²) >= 11 is 12.2. The van der Waals surface area contributed by atoms with Crippen LogP contribution < -0.4 is 10.1 Å². The van der Waals surface area contributed by atoms with Crippen LogP contribution in [0.1, 0.15) is 15.9 Å². The summed E-state index contributed by atoms with van der Waals surface area (Å²) in [5.74, 6) is -0.257.